The van der Waals surface area contributed by atoms with E-state index < -0.39 is 40.4 Å². The van der Waals surface area contributed by atoms with Gasteiger partial charge in [-0.3, -0.25) is 0 Å². The molecule has 0 nitrogen and oxygen atoms in total. The fourth-order valence-corrected chi connectivity index (χ4v) is 34.7. The Bertz CT molecular complexity index is 993. The zero-order valence-electron chi connectivity index (χ0n) is 43.0. The van der Waals surface area contributed by atoms with Crippen LogP contribution in [0.4, 0.5) is 0 Å². The van der Waals surface area contributed by atoms with E-state index in [4.69, 9.17) is 0 Å². The van der Waals surface area contributed by atoms with Gasteiger partial charge in [0.2, 0.25) is 0 Å². The van der Waals surface area contributed by atoms with E-state index in [1.807, 2.05) is 0 Å². The first-order chi connectivity index (χ1) is 28.5. The summed E-state index contributed by atoms with van der Waals surface area (Å²) in [6, 6.07) is 8.24. The van der Waals surface area contributed by atoms with Gasteiger partial charge >= 0.3 is 0 Å². The molecule has 0 unspecified atom stereocenters. The summed E-state index contributed by atoms with van der Waals surface area (Å²) in [5.74, 6) is 5.28. The largest absolute Gasteiger partial charge is 0.0691 e. The molecule has 6 fully saturated rings. The number of rotatable bonds is 25. The second kappa shape index (κ2) is 22.7. The van der Waals surface area contributed by atoms with Crippen LogP contribution in [0.2, 0.25) is 123 Å². The van der Waals surface area contributed by atoms with Gasteiger partial charge in [-0.15, -0.1) is 0 Å². The molecule has 0 aliphatic heterocycles. The summed E-state index contributed by atoms with van der Waals surface area (Å²) in [6.45, 7) is 28.4. The van der Waals surface area contributed by atoms with Gasteiger partial charge in [0.05, 0.1) is 40.4 Å². The summed E-state index contributed by atoms with van der Waals surface area (Å²) in [5, 5.41) is 0. The summed E-state index contributed by atoms with van der Waals surface area (Å²) in [4.78, 5) is 0. The third-order valence-electron chi connectivity index (χ3n) is 21.8. The van der Waals surface area contributed by atoms with Gasteiger partial charge in [-0.2, -0.15) is 0 Å². The molecule has 6 aliphatic carbocycles. The van der Waals surface area contributed by atoms with Crippen LogP contribution in [-0.2, 0) is 0 Å². The summed E-state index contributed by atoms with van der Waals surface area (Å²) >= 11 is 0. The van der Waals surface area contributed by atoms with Gasteiger partial charge in [0.1, 0.15) is 0 Å². The van der Waals surface area contributed by atoms with Crippen LogP contribution in [-0.4, -0.2) is 40.4 Å². The van der Waals surface area contributed by atoms with E-state index in [1.54, 1.807) is 223 Å². The van der Waals surface area contributed by atoms with Gasteiger partial charge in [0.25, 0.3) is 0 Å². The average molecular weight is 912 g/mol. The molecule has 6 saturated carbocycles. The van der Waals surface area contributed by atoms with Gasteiger partial charge in [-0.25, -0.2) is 0 Å². The number of hydrogen-bond donors (Lipinski definition) is 0. The molecule has 0 aromatic carbocycles. The standard InChI is InChI=1S/C55H110Si5/c1-56(2,46-26-11-12-27-46)41-21-36-51-52(37-22-42-57(3,4)47-28-13-14-29-47)54(39-24-44-59(7,8)49-32-17-18-33-49)55(40-25-45-60(9,10)50-34-19-20-35-50)53(51)38-23-43-58(5,6)48-30-15-16-31-48/h46-55H,11-45H2,1-10H3. The third-order valence-corrected chi connectivity index (χ3v) is 44.0. The van der Waals surface area contributed by atoms with Crippen molar-refractivity contribution in [1.29, 1.82) is 0 Å². The van der Waals surface area contributed by atoms with E-state index in [1.165, 1.54) is 0 Å². The molecule has 0 aromatic heterocycles. The number of hydrogen-bond acceptors (Lipinski definition) is 0. The third kappa shape index (κ3) is 13.6. The molecule has 0 N–H and O–H groups in total. The zero-order chi connectivity index (χ0) is 43.0. The van der Waals surface area contributed by atoms with Crippen molar-refractivity contribution in [2.24, 2.45) is 29.6 Å². The van der Waals surface area contributed by atoms with Crippen LogP contribution in [0.1, 0.15) is 193 Å². The van der Waals surface area contributed by atoms with Gasteiger partial charge in [-0.1, -0.05) is 288 Å². The molecule has 0 radical (unpaired) electrons. The topological polar surface area (TPSA) is 0 Å². The maximum Gasteiger partial charge on any atom is 0.0504 e. The highest BCUT2D eigenvalue weighted by atomic mass is 28.3. The predicted molar refractivity (Wildman–Crippen MR) is 286 cm³/mol. The minimum atomic E-state index is -1.14. The molecule has 0 spiro atoms. The lowest BCUT2D eigenvalue weighted by Gasteiger charge is -2.34. The summed E-state index contributed by atoms with van der Waals surface area (Å²) in [7, 11) is -5.71. The van der Waals surface area contributed by atoms with Crippen molar-refractivity contribution in [3.05, 3.63) is 0 Å². The van der Waals surface area contributed by atoms with Crippen molar-refractivity contribution in [1.82, 2.24) is 0 Å². The van der Waals surface area contributed by atoms with Crippen LogP contribution in [0, 0.1) is 29.6 Å². The second-order valence-corrected chi connectivity index (χ2v) is 54.1. The van der Waals surface area contributed by atoms with Crippen molar-refractivity contribution in [3.8, 4) is 0 Å². The van der Waals surface area contributed by atoms with Crippen LogP contribution in [0.15, 0.2) is 0 Å². The van der Waals surface area contributed by atoms with Crippen molar-refractivity contribution in [2.75, 3.05) is 0 Å². The van der Waals surface area contributed by atoms with Gasteiger partial charge in [0, 0.05) is 0 Å². The summed E-state index contributed by atoms with van der Waals surface area (Å²) in [5.41, 5.74) is 5.69. The summed E-state index contributed by atoms with van der Waals surface area (Å²) in [6.07, 6.45) is 47.4. The Hall–Kier alpha value is 1.08. The van der Waals surface area contributed by atoms with Crippen LogP contribution in [0.25, 0.3) is 0 Å². The lowest BCUT2D eigenvalue weighted by Crippen LogP contribution is -2.32. The molecule has 0 heterocycles. The highest BCUT2D eigenvalue weighted by Gasteiger charge is 2.50. The van der Waals surface area contributed by atoms with Crippen molar-refractivity contribution < 1.29 is 0 Å². The summed E-state index contributed by atoms with van der Waals surface area (Å²) < 4.78 is 0. The van der Waals surface area contributed by atoms with E-state index in [0.717, 1.165) is 57.3 Å². The van der Waals surface area contributed by atoms with E-state index in [0.29, 0.717) is 0 Å². The minimum Gasteiger partial charge on any atom is -0.0691 e. The molecule has 0 aromatic rings. The van der Waals surface area contributed by atoms with Crippen molar-refractivity contribution in [2.45, 2.75) is 316 Å². The molecular weight excluding hydrogens is 801 g/mol. The highest BCUT2D eigenvalue weighted by Crippen LogP contribution is 2.57. The predicted octanol–water partition coefficient (Wildman–Crippen LogP) is 20.2. The molecule has 0 atom stereocenters. The van der Waals surface area contributed by atoms with Crippen LogP contribution in [0.5, 0.6) is 0 Å². The molecule has 5 heteroatoms. The average Bonchev–Trinajstić information content (AvgIpc) is 4.03. The Labute approximate surface area is 383 Å². The molecular formula is C55H110Si5. The second-order valence-electron chi connectivity index (χ2n) is 27.6. The fraction of sp³-hybridized carbons (Fsp3) is 1.00. The maximum absolute atomic E-state index is 2.84. The van der Waals surface area contributed by atoms with Crippen molar-refractivity contribution in [3.63, 3.8) is 0 Å². The van der Waals surface area contributed by atoms with E-state index >= 15 is 0 Å². The lowest BCUT2D eigenvalue weighted by molar-refractivity contribution is 0.235. The first kappa shape index (κ1) is 50.5. The highest BCUT2D eigenvalue weighted by molar-refractivity contribution is 6.80. The van der Waals surface area contributed by atoms with Gasteiger partial charge < -0.3 is 0 Å². The minimum absolute atomic E-state index is 1.06. The maximum atomic E-state index is 2.84. The zero-order valence-corrected chi connectivity index (χ0v) is 48.0. The molecule has 60 heavy (non-hydrogen) atoms. The molecule has 0 saturated heterocycles. The van der Waals surface area contributed by atoms with Gasteiger partial charge in [-0.05, 0) is 57.3 Å². The molecule has 6 rings (SSSR count). The Morgan fingerprint density at radius 2 is 0.367 bits per heavy atom. The molecule has 6 aliphatic rings. The van der Waals surface area contributed by atoms with Crippen LogP contribution < -0.4 is 0 Å². The quantitative estimate of drug-likeness (QED) is 0.0801. The van der Waals surface area contributed by atoms with Gasteiger partial charge in [0.15, 0.2) is 0 Å². The SMILES string of the molecule is C[Si](C)(CCCC1C(CCC[Si](C)(C)C2CCCC2)[C@H](CCC[Si](C)(C)C2CCCC2)C(CCC[Si](C)(C)C2CCCC2)[C@H]1CCC[Si](C)(C)C1CCCC1)C1CCCC1. The normalized spacial score (nSPS) is 29.0. The van der Waals surface area contributed by atoms with Crippen LogP contribution in [0.3, 0.4) is 0 Å². The van der Waals surface area contributed by atoms with E-state index in [2.05, 4.69) is 65.5 Å². The first-order valence-electron chi connectivity index (χ1n) is 28.5. The van der Waals surface area contributed by atoms with E-state index in [-0.39, 0.29) is 0 Å². The Morgan fingerprint density at radius 1 is 0.233 bits per heavy atom. The smallest absolute Gasteiger partial charge is 0.0504 e. The Morgan fingerprint density at radius 3 is 0.500 bits per heavy atom. The Balaban J connectivity index is 1.26. The Kier molecular flexibility index (Phi) is 19.1. The fourth-order valence-electron chi connectivity index (χ4n) is 17.3. The molecule has 0 amide bonds. The molecule has 0 bridgehead atoms. The van der Waals surface area contributed by atoms with E-state index in [9.17, 15) is 0 Å². The van der Waals surface area contributed by atoms with Crippen molar-refractivity contribution >= 4 is 40.4 Å². The monoisotopic (exact) mass is 911 g/mol. The lowest BCUT2D eigenvalue weighted by atomic mass is 9.79. The van der Waals surface area contributed by atoms with Crippen LogP contribution >= 0.6 is 0 Å². The first-order valence-corrected chi connectivity index (χ1v) is 44.9. The molecule has 350 valence electrons.